The summed E-state index contributed by atoms with van der Waals surface area (Å²) in [5, 5.41) is 0.569. The van der Waals surface area contributed by atoms with Crippen molar-refractivity contribution in [2.45, 2.75) is 90.4 Å². The first-order valence-electron chi connectivity index (χ1n) is 16.4. The van der Waals surface area contributed by atoms with Gasteiger partial charge in [-0.1, -0.05) is 70.4 Å². The second-order valence-corrected chi connectivity index (χ2v) is 14.7. The molecule has 1 fully saturated rings. The second-order valence-electron chi connectivity index (χ2n) is 12.7. The number of amides is 1. The van der Waals surface area contributed by atoms with Crippen LogP contribution in [0.25, 0.3) is 0 Å². The smallest absolute Gasteiger partial charge is 0.263 e. The van der Waals surface area contributed by atoms with Crippen molar-refractivity contribution in [3.05, 3.63) is 70.3 Å². The molecule has 1 amide bonds. The molecule has 7 unspecified atom stereocenters. The summed E-state index contributed by atoms with van der Waals surface area (Å²) in [5.74, 6) is 1.64. The molecule has 1 N–H and O–H groups in total. The Morgan fingerprint density at radius 2 is 1.86 bits per heavy atom. The van der Waals surface area contributed by atoms with Gasteiger partial charge in [-0.2, -0.15) is 0 Å². The molecule has 2 aromatic rings. The van der Waals surface area contributed by atoms with Crippen molar-refractivity contribution in [1.29, 1.82) is 0 Å². The number of carbonyl (C=O) groups is 1. The van der Waals surface area contributed by atoms with E-state index in [-0.39, 0.29) is 29.1 Å². The van der Waals surface area contributed by atoms with E-state index in [0.29, 0.717) is 24.0 Å². The van der Waals surface area contributed by atoms with Crippen molar-refractivity contribution in [2.75, 3.05) is 31.7 Å². The van der Waals surface area contributed by atoms with E-state index in [1.54, 1.807) is 13.2 Å². The quantitative estimate of drug-likeness (QED) is 0.341. The molecule has 0 saturated heterocycles. The van der Waals surface area contributed by atoms with Crippen molar-refractivity contribution in [3.8, 4) is 5.75 Å². The average Bonchev–Trinajstić information content (AvgIpc) is 3.17. The van der Waals surface area contributed by atoms with Crippen LogP contribution in [0.1, 0.15) is 94.1 Å². The van der Waals surface area contributed by atoms with Crippen molar-refractivity contribution in [1.82, 2.24) is 4.72 Å². The maximum absolute atomic E-state index is 13.3. The summed E-state index contributed by atoms with van der Waals surface area (Å²) in [6.45, 7) is 12.6. The minimum Gasteiger partial charge on any atom is -0.491 e. The maximum Gasteiger partial charge on any atom is 0.263 e. The second kappa shape index (κ2) is 16.3. The predicted octanol–water partition coefficient (Wildman–Crippen LogP) is 8.11. The molecule has 3 aliphatic rings. The van der Waals surface area contributed by atoms with Crippen molar-refractivity contribution in [3.63, 3.8) is 0 Å². The van der Waals surface area contributed by atoms with Gasteiger partial charge in [0.1, 0.15) is 16.7 Å². The number of carbonyl (C=O) groups excluding carboxylic acids is 1. The summed E-state index contributed by atoms with van der Waals surface area (Å²) in [6, 6.07) is 11.8. The Bertz CT molecular complexity index is 1320. The van der Waals surface area contributed by atoms with Crippen molar-refractivity contribution < 1.29 is 18.5 Å². The zero-order valence-corrected chi connectivity index (χ0v) is 28.9. The maximum atomic E-state index is 13.3. The Balaban J connectivity index is 0.00000141. The van der Waals surface area contributed by atoms with Crippen LogP contribution >= 0.6 is 11.6 Å². The first kappa shape index (κ1) is 34.5. The molecule has 2 bridgehead atoms. The molecule has 7 atom stereocenters. The highest BCUT2D eigenvalue weighted by Gasteiger charge is 2.39. The number of halogens is 1. The van der Waals surface area contributed by atoms with Gasteiger partial charge in [-0.25, -0.2) is 4.21 Å². The van der Waals surface area contributed by atoms with Crippen LogP contribution in [-0.2, 0) is 22.1 Å². The number of nitrogens with zero attached hydrogens (tertiary/aromatic N) is 1. The van der Waals surface area contributed by atoms with E-state index in [2.05, 4.69) is 61.6 Å². The van der Waals surface area contributed by atoms with Gasteiger partial charge >= 0.3 is 0 Å². The van der Waals surface area contributed by atoms with Gasteiger partial charge in [-0.05, 0) is 91.8 Å². The highest BCUT2D eigenvalue weighted by Crippen LogP contribution is 2.43. The predicted molar refractivity (Wildman–Crippen MR) is 183 cm³/mol. The average molecular weight is 643 g/mol. The van der Waals surface area contributed by atoms with Crippen LogP contribution in [0.3, 0.4) is 0 Å². The highest BCUT2D eigenvalue weighted by molar-refractivity contribution is 7.84. The molecule has 5 rings (SSSR count). The van der Waals surface area contributed by atoms with Gasteiger partial charge < -0.3 is 14.4 Å². The number of hydrogen-bond donors (Lipinski definition) is 1. The van der Waals surface area contributed by atoms with E-state index < -0.39 is 11.0 Å². The standard InChI is InChI=1S/C33H43ClN2O4S.C3H8/c1-5-7-23-16-27(34)12-14-28(23)26-19-36-18-25-10-13-29(25)31(39-4)9-6-8-21(2)22(3)41(38)35-33(37)24-11-15-32(40-20-26)30(36)17-24;1-3-2/h6,9,11-12,14-17,21-22,25-26,29,31H,5,7-8,10,13,18-20H2,1-4H3,(H,35,37);3H2,1-2H3/b9-6+;. The SMILES string of the molecule is CCC.CCCc1cc(Cl)ccc1C1COc2ccc3cc2N(C1)CC1CCC1C(OC)/C=C/CC(C)C(C)S(=O)NC3=O. The van der Waals surface area contributed by atoms with Gasteiger partial charge in [-0.15, -0.1) is 0 Å². The largest absolute Gasteiger partial charge is 0.491 e. The number of benzene rings is 2. The summed E-state index contributed by atoms with van der Waals surface area (Å²) in [5.41, 5.74) is 3.95. The normalized spacial score (nSPS) is 29.5. The fourth-order valence-electron chi connectivity index (χ4n) is 6.46. The fourth-order valence-corrected chi connectivity index (χ4v) is 7.68. The molecular weight excluding hydrogens is 592 g/mol. The van der Waals surface area contributed by atoms with Crippen molar-refractivity contribution >= 4 is 34.2 Å². The molecular formula is C36H51ClN2O4S. The van der Waals surface area contributed by atoms with Crippen LogP contribution in [0.4, 0.5) is 5.69 Å². The lowest BCUT2D eigenvalue weighted by molar-refractivity contribution is 0.0134. The van der Waals surface area contributed by atoms with Gasteiger partial charge in [0.25, 0.3) is 5.91 Å². The van der Waals surface area contributed by atoms with E-state index in [1.807, 2.05) is 25.1 Å². The lowest BCUT2D eigenvalue weighted by atomic mass is 9.70. The van der Waals surface area contributed by atoms with Crippen molar-refractivity contribution in [2.24, 2.45) is 17.8 Å². The number of aryl methyl sites for hydroxylation is 1. The zero-order chi connectivity index (χ0) is 31.8. The third kappa shape index (κ3) is 8.27. The Labute approximate surface area is 272 Å². The number of nitrogens with one attached hydrogen (secondary N) is 1. The first-order valence-corrected chi connectivity index (χ1v) is 18.0. The van der Waals surface area contributed by atoms with Crippen LogP contribution in [0.2, 0.25) is 5.02 Å². The fraction of sp³-hybridized carbons (Fsp3) is 0.583. The minimum atomic E-state index is -1.50. The molecule has 2 heterocycles. The molecule has 1 aliphatic carbocycles. The van der Waals surface area contributed by atoms with E-state index in [4.69, 9.17) is 21.1 Å². The molecule has 0 radical (unpaired) electrons. The monoisotopic (exact) mass is 642 g/mol. The summed E-state index contributed by atoms with van der Waals surface area (Å²) >= 11 is 6.40. The molecule has 242 valence electrons. The van der Waals surface area contributed by atoms with Crippen LogP contribution < -0.4 is 14.4 Å². The Morgan fingerprint density at radius 3 is 2.55 bits per heavy atom. The number of methoxy groups -OCH3 is 1. The summed E-state index contributed by atoms with van der Waals surface area (Å²) in [6.07, 6.45) is 10.7. The molecule has 8 heteroatoms. The number of rotatable bonds is 4. The van der Waals surface area contributed by atoms with Crippen LogP contribution in [0.5, 0.6) is 5.75 Å². The van der Waals surface area contributed by atoms with E-state index >= 15 is 0 Å². The van der Waals surface area contributed by atoms with Gasteiger partial charge in [0.2, 0.25) is 0 Å². The van der Waals surface area contributed by atoms with E-state index in [0.717, 1.165) is 61.7 Å². The molecule has 2 aromatic carbocycles. The van der Waals surface area contributed by atoms with E-state index in [1.165, 1.54) is 17.5 Å². The summed E-state index contributed by atoms with van der Waals surface area (Å²) < 4.78 is 28.3. The number of allylic oxidation sites excluding steroid dienone is 1. The number of anilines is 1. The number of fused-ring (bicyclic) bond motifs is 2. The highest BCUT2D eigenvalue weighted by atomic mass is 35.5. The number of hydrogen-bond acceptors (Lipinski definition) is 5. The third-order valence-corrected chi connectivity index (χ3v) is 11.1. The molecule has 0 spiro atoms. The summed E-state index contributed by atoms with van der Waals surface area (Å²) in [4.78, 5) is 15.7. The van der Waals surface area contributed by atoms with Gasteiger partial charge in [0, 0.05) is 36.7 Å². The first-order chi connectivity index (χ1) is 21.2. The van der Waals surface area contributed by atoms with Crippen LogP contribution in [-0.4, -0.2) is 48.3 Å². The third-order valence-electron chi connectivity index (χ3n) is 9.30. The molecule has 6 nitrogen and oxygen atoms in total. The van der Waals surface area contributed by atoms with Gasteiger partial charge in [-0.3, -0.25) is 9.52 Å². The zero-order valence-electron chi connectivity index (χ0n) is 27.3. The lowest BCUT2D eigenvalue weighted by Crippen LogP contribution is -2.44. The van der Waals surface area contributed by atoms with Crippen LogP contribution in [0, 0.1) is 17.8 Å². The van der Waals surface area contributed by atoms with E-state index in [9.17, 15) is 9.00 Å². The molecule has 1 saturated carbocycles. The lowest BCUT2D eigenvalue weighted by Gasteiger charge is -2.43. The molecule has 0 aromatic heterocycles. The Morgan fingerprint density at radius 1 is 1.09 bits per heavy atom. The topological polar surface area (TPSA) is 67.9 Å². The minimum absolute atomic E-state index is 0.0478. The van der Waals surface area contributed by atoms with Gasteiger partial charge in [0.15, 0.2) is 0 Å². The summed E-state index contributed by atoms with van der Waals surface area (Å²) in [7, 11) is 0.296. The van der Waals surface area contributed by atoms with Gasteiger partial charge in [0.05, 0.1) is 23.6 Å². The Hall–Kier alpha value is -2.35. The molecule has 2 aliphatic heterocycles. The molecule has 44 heavy (non-hydrogen) atoms. The Kier molecular flexibility index (Phi) is 12.8. The number of ether oxygens (including phenoxy) is 2. The van der Waals surface area contributed by atoms with Crippen LogP contribution in [0.15, 0.2) is 48.6 Å².